The second kappa shape index (κ2) is 7.64. The van der Waals surface area contributed by atoms with E-state index in [2.05, 4.69) is 15.6 Å². The van der Waals surface area contributed by atoms with Gasteiger partial charge in [-0.1, -0.05) is 0 Å². The van der Waals surface area contributed by atoms with Crippen molar-refractivity contribution in [3.63, 3.8) is 0 Å². The van der Waals surface area contributed by atoms with Crippen molar-refractivity contribution >= 4 is 34.1 Å². The van der Waals surface area contributed by atoms with Gasteiger partial charge in [-0.25, -0.2) is 4.98 Å². The Morgan fingerprint density at radius 2 is 1.92 bits per heavy atom. The number of hydrogen-bond donors (Lipinski definition) is 2. The van der Waals surface area contributed by atoms with E-state index in [0.29, 0.717) is 42.1 Å². The van der Waals surface area contributed by atoms with Gasteiger partial charge in [-0.2, -0.15) is 0 Å². The van der Waals surface area contributed by atoms with E-state index in [1.165, 1.54) is 12.1 Å². The summed E-state index contributed by atoms with van der Waals surface area (Å²) in [6, 6.07) is 11.5. The number of non-ortho nitro benzene ring substituents is 1. The lowest BCUT2D eigenvalue weighted by molar-refractivity contribution is -0.384. The Morgan fingerprint density at radius 1 is 1.19 bits per heavy atom. The average Bonchev–Trinajstić information content (AvgIpc) is 2.98. The fraction of sp³-hybridized carbons (Fsp3) is 0.222. The third kappa shape index (κ3) is 4.35. The molecule has 0 aliphatic carbocycles. The molecule has 0 aliphatic heterocycles. The van der Waals surface area contributed by atoms with E-state index >= 15 is 0 Å². The van der Waals surface area contributed by atoms with Crippen LogP contribution in [0.3, 0.4) is 0 Å². The zero-order chi connectivity index (χ0) is 18.5. The van der Waals surface area contributed by atoms with Crippen molar-refractivity contribution in [1.82, 2.24) is 4.98 Å². The quantitative estimate of drug-likeness (QED) is 0.378. The second-order valence-corrected chi connectivity index (χ2v) is 5.80. The first-order valence-corrected chi connectivity index (χ1v) is 8.16. The van der Waals surface area contributed by atoms with Crippen molar-refractivity contribution in [3.05, 3.63) is 58.5 Å². The lowest BCUT2D eigenvalue weighted by Crippen LogP contribution is -2.13. The molecule has 0 unspecified atom stereocenters. The summed E-state index contributed by atoms with van der Waals surface area (Å²) in [5, 5.41) is 16.6. The summed E-state index contributed by atoms with van der Waals surface area (Å²) in [6.45, 7) is 2.36. The van der Waals surface area contributed by atoms with Crippen molar-refractivity contribution in [3.8, 4) is 0 Å². The van der Waals surface area contributed by atoms with Gasteiger partial charge in [0.05, 0.1) is 4.92 Å². The van der Waals surface area contributed by atoms with E-state index < -0.39 is 4.92 Å². The van der Waals surface area contributed by atoms with Gasteiger partial charge in [0, 0.05) is 43.4 Å². The van der Waals surface area contributed by atoms with Crippen LogP contribution in [0.5, 0.6) is 0 Å². The normalized spacial score (nSPS) is 10.7. The number of aromatic nitrogens is 1. The number of oxazole rings is 1. The maximum Gasteiger partial charge on any atom is 0.269 e. The Kier molecular flexibility index (Phi) is 5.12. The van der Waals surface area contributed by atoms with Gasteiger partial charge in [0.25, 0.3) is 5.69 Å². The number of amides is 1. The third-order valence-corrected chi connectivity index (χ3v) is 3.77. The number of benzene rings is 2. The summed E-state index contributed by atoms with van der Waals surface area (Å²) in [4.78, 5) is 26.4. The van der Waals surface area contributed by atoms with E-state index in [-0.39, 0.29) is 11.6 Å². The molecule has 0 spiro atoms. The number of nitro benzene ring substituents is 1. The minimum Gasteiger partial charge on any atom is -0.441 e. The fourth-order valence-electron chi connectivity index (χ4n) is 2.53. The van der Waals surface area contributed by atoms with E-state index in [0.717, 1.165) is 5.69 Å². The van der Waals surface area contributed by atoms with Crippen LogP contribution in [0, 0.1) is 17.0 Å². The summed E-state index contributed by atoms with van der Waals surface area (Å²) in [5.74, 6) is 0.496. The molecule has 0 atom stereocenters. The highest BCUT2D eigenvalue weighted by Gasteiger charge is 2.07. The van der Waals surface area contributed by atoms with Crippen LogP contribution in [0.1, 0.15) is 18.7 Å². The largest absolute Gasteiger partial charge is 0.441 e. The molecule has 2 N–H and O–H groups in total. The molecule has 0 radical (unpaired) electrons. The number of aryl methyl sites for hydroxylation is 1. The molecule has 0 aliphatic rings. The predicted octanol–water partition coefficient (Wildman–Crippen LogP) is 3.88. The first-order chi connectivity index (χ1) is 12.5. The highest BCUT2D eigenvalue weighted by atomic mass is 16.6. The second-order valence-electron chi connectivity index (χ2n) is 5.80. The predicted molar refractivity (Wildman–Crippen MR) is 98.2 cm³/mol. The number of fused-ring (bicyclic) bond motifs is 1. The van der Waals surface area contributed by atoms with Crippen LogP contribution in [-0.2, 0) is 4.79 Å². The van der Waals surface area contributed by atoms with Crippen LogP contribution in [0.25, 0.3) is 11.1 Å². The zero-order valence-corrected chi connectivity index (χ0v) is 14.2. The Hall–Kier alpha value is -3.42. The van der Waals surface area contributed by atoms with E-state index in [9.17, 15) is 14.9 Å². The van der Waals surface area contributed by atoms with E-state index in [1.54, 1.807) is 37.3 Å². The average molecular weight is 354 g/mol. The summed E-state index contributed by atoms with van der Waals surface area (Å²) in [6.07, 6.45) is 0.990. The monoisotopic (exact) mass is 354 g/mol. The van der Waals surface area contributed by atoms with E-state index in [1.807, 2.05) is 0 Å². The molecule has 3 rings (SSSR count). The molecular weight excluding hydrogens is 336 g/mol. The molecule has 0 saturated heterocycles. The number of carbonyl (C=O) groups excluding carboxylic acids is 1. The number of anilines is 2. The van der Waals surface area contributed by atoms with Gasteiger partial charge in [-0.15, -0.1) is 0 Å². The van der Waals surface area contributed by atoms with Crippen molar-refractivity contribution in [2.24, 2.45) is 0 Å². The maximum absolute atomic E-state index is 12.0. The smallest absolute Gasteiger partial charge is 0.269 e. The number of rotatable bonds is 7. The van der Waals surface area contributed by atoms with Crippen molar-refractivity contribution in [2.45, 2.75) is 19.8 Å². The van der Waals surface area contributed by atoms with Crippen LogP contribution < -0.4 is 10.6 Å². The van der Waals surface area contributed by atoms with E-state index in [4.69, 9.17) is 4.42 Å². The van der Waals surface area contributed by atoms with Crippen molar-refractivity contribution in [2.75, 3.05) is 17.2 Å². The topological polar surface area (TPSA) is 110 Å². The standard InChI is InChI=1S/C18H18N4O4/c1-12-20-16-11-14(6-9-17(16)26-12)21-18(23)3-2-10-19-13-4-7-15(8-5-13)22(24)25/h4-9,11,19H,2-3,10H2,1H3,(H,21,23). The molecule has 134 valence electrons. The third-order valence-electron chi connectivity index (χ3n) is 3.77. The molecule has 0 saturated carbocycles. The van der Waals surface area contributed by atoms with Gasteiger partial charge in [-0.05, 0) is 36.8 Å². The maximum atomic E-state index is 12.0. The number of nitro groups is 1. The lowest BCUT2D eigenvalue weighted by atomic mass is 10.2. The number of carbonyl (C=O) groups is 1. The van der Waals surface area contributed by atoms with Crippen LogP contribution >= 0.6 is 0 Å². The number of hydrogen-bond acceptors (Lipinski definition) is 6. The van der Waals surface area contributed by atoms with Crippen molar-refractivity contribution < 1.29 is 14.1 Å². The van der Waals surface area contributed by atoms with Crippen LogP contribution in [0.4, 0.5) is 17.1 Å². The Labute approximate surface area is 149 Å². The first kappa shape index (κ1) is 17.4. The van der Waals surface area contributed by atoms with Crippen LogP contribution in [-0.4, -0.2) is 22.4 Å². The molecule has 1 heterocycles. The molecule has 1 aromatic heterocycles. The summed E-state index contributed by atoms with van der Waals surface area (Å²) >= 11 is 0. The van der Waals surface area contributed by atoms with Gasteiger partial charge in [0.2, 0.25) is 5.91 Å². The summed E-state index contributed by atoms with van der Waals surface area (Å²) in [5.41, 5.74) is 2.91. The Balaban J connectivity index is 1.44. The highest BCUT2D eigenvalue weighted by Crippen LogP contribution is 2.20. The van der Waals surface area contributed by atoms with Gasteiger partial charge < -0.3 is 15.1 Å². The summed E-state index contributed by atoms with van der Waals surface area (Å²) in [7, 11) is 0. The fourth-order valence-corrected chi connectivity index (χ4v) is 2.53. The molecule has 3 aromatic rings. The Bertz CT molecular complexity index is 934. The first-order valence-electron chi connectivity index (χ1n) is 8.16. The minimum atomic E-state index is -0.439. The SMILES string of the molecule is Cc1nc2cc(NC(=O)CCCNc3ccc([N+](=O)[O-])cc3)ccc2o1. The molecule has 8 nitrogen and oxygen atoms in total. The molecule has 1 amide bonds. The molecule has 26 heavy (non-hydrogen) atoms. The minimum absolute atomic E-state index is 0.0502. The Morgan fingerprint density at radius 3 is 2.65 bits per heavy atom. The van der Waals surface area contributed by atoms with Crippen LogP contribution in [0.2, 0.25) is 0 Å². The van der Waals surface area contributed by atoms with Crippen molar-refractivity contribution in [1.29, 1.82) is 0 Å². The molecular formula is C18H18N4O4. The molecule has 0 fully saturated rings. The zero-order valence-electron chi connectivity index (χ0n) is 14.2. The molecule has 0 bridgehead atoms. The van der Waals surface area contributed by atoms with Gasteiger partial charge >= 0.3 is 0 Å². The highest BCUT2D eigenvalue weighted by molar-refractivity contribution is 5.92. The van der Waals surface area contributed by atoms with Gasteiger partial charge in [0.1, 0.15) is 5.52 Å². The van der Waals surface area contributed by atoms with Gasteiger partial charge in [0.15, 0.2) is 11.5 Å². The summed E-state index contributed by atoms with van der Waals surface area (Å²) < 4.78 is 5.40. The number of nitrogens with one attached hydrogen (secondary N) is 2. The lowest BCUT2D eigenvalue weighted by Gasteiger charge is -2.07. The molecule has 8 heteroatoms. The molecule has 2 aromatic carbocycles. The van der Waals surface area contributed by atoms with Gasteiger partial charge in [-0.3, -0.25) is 14.9 Å². The van der Waals surface area contributed by atoms with Crippen LogP contribution in [0.15, 0.2) is 46.9 Å². The number of nitrogens with zero attached hydrogens (tertiary/aromatic N) is 2.